The fourth-order valence-corrected chi connectivity index (χ4v) is 4.10. The Labute approximate surface area is 122 Å². The summed E-state index contributed by atoms with van der Waals surface area (Å²) in [5, 5.41) is 35.4. The number of nitrogens with one attached hydrogen (secondary N) is 2. The molecule has 2 rings (SSSR count). The Bertz CT molecular complexity index is 407. The van der Waals surface area contributed by atoms with Gasteiger partial charge in [0.25, 0.3) is 0 Å². The number of aliphatic hydroxyl groups is 2. The molecule has 0 spiro atoms. The Morgan fingerprint density at radius 2 is 2.20 bits per heavy atom. The Balaban J connectivity index is 2.33. The molecule has 3 unspecified atom stereocenters. The van der Waals surface area contributed by atoms with Crippen LogP contribution in [-0.4, -0.2) is 51.3 Å². The molecule has 0 saturated carbocycles. The van der Waals surface area contributed by atoms with Crippen LogP contribution in [0.4, 0.5) is 0 Å². The average molecular weight is 302 g/mol. The molecule has 5 atom stereocenters. The number of thioether (sulfide) groups is 1. The maximum absolute atomic E-state index is 11.5. The summed E-state index contributed by atoms with van der Waals surface area (Å²) in [6, 6.07) is 0.0148. The van der Waals surface area contributed by atoms with Gasteiger partial charge >= 0.3 is 5.97 Å². The first-order valence-electron chi connectivity index (χ1n) is 6.82. The van der Waals surface area contributed by atoms with Gasteiger partial charge < -0.3 is 26.0 Å². The van der Waals surface area contributed by atoms with E-state index in [1.165, 1.54) is 0 Å². The molecule has 1 fully saturated rings. The molecule has 0 amide bonds. The monoisotopic (exact) mass is 302 g/mol. The third-order valence-electron chi connectivity index (χ3n) is 4.08. The molecule has 5 N–H and O–H groups in total. The largest absolute Gasteiger partial charge is 0.477 e. The SMILES string of the molecule is CC(O)[C@H]1C(O)NC(C(=O)O)=C(C2CSCN2)C[C@H]1C. The van der Waals surface area contributed by atoms with Crippen LogP contribution in [0.1, 0.15) is 20.3 Å². The lowest BCUT2D eigenvalue weighted by Crippen LogP contribution is -2.43. The van der Waals surface area contributed by atoms with Crippen molar-refractivity contribution in [2.24, 2.45) is 11.8 Å². The highest BCUT2D eigenvalue weighted by atomic mass is 32.2. The molecule has 6 nitrogen and oxygen atoms in total. The Morgan fingerprint density at radius 3 is 2.70 bits per heavy atom. The van der Waals surface area contributed by atoms with Gasteiger partial charge in [0.1, 0.15) is 11.9 Å². The van der Waals surface area contributed by atoms with Gasteiger partial charge in [0.2, 0.25) is 0 Å². The summed E-state index contributed by atoms with van der Waals surface area (Å²) in [7, 11) is 0. The molecule has 1 saturated heterocycles. The number of carbonyl (C=O) groups is 1. The molecule has 0 bridgehead atoms. The van der Waals surface area contributed by atoms with E-state index >= 15 is 0 Å². The molecule has 0 radical (unpaired) electrons. The first-order chi connectivity index (χ1) is 9.41. The number of hydrogen-bond donors (Lipinski definition) is 5. The van der Waals surface area contributed by atoms with Gasteiger partial charge in [0.05, 0.1) is 6.10 Å². The highest BCUT2D eigenvalue weighted by molar-refractivity contribution is 7.99. The van der Waals surface area contributed by atoms with Crippen LogP contribution in [0.25, 0.3) is 0 Å². The van der Waals surface area contributed by atoms with E-state index in [-0.39, 0.29) is 17.7 Å². The van der Waals surface area contributed by atoms with E-state index in [1.54, 1.807) is 18.7 Å². The van der Waals surface area contributed by atoms with Gasteiger partial charge in [0.15, 0.2) is 0 Å². The zero-order valence-electron chi connectivity index (χ0n) is 11.7. The number of rotatable bonds is 3. The van der Waals surface area contributed by atoms with E-state index in [1.807, 2.05) is 6.92 Å². The predicted octanol–water partition coefficient (Wildman–Crippen LogP) is -0.0676. The molecule has 2 heterocycles. The van der Waals surface area contributed by atoms with Crippen molar-refractivity contribution < 1.29 is 20.1 Å². The van der Waals surface area contributed by atoms with E-state index in [2.05, 4.69) is 10.6 Å². The Morgan fingerprint density at radius 1 is 1.50 bits per heavy atom. The Hall–Kier alpha value is -0.760. The molecule has 2 aliphatic heterocycles. The lowest BCUT2D eigenvalue weighted by atomic mass is 9.83. The lowest BCUT2D eigenvalue weighted by molar-refractivity contribution is -0.133. The molecular formula is C13H22N2O4S. The van der Waals surface area contributed by atoms with Gasteiger partial charge in [-0.25, -0.2) is 4.79 Å². The smallest absolute Gasteiger partial charge is 0.352 e. The molecule has 0 aromatic rings. The van der Waals surface area contributed by atoms with E-state index in [9.17, 15) is 20.1 Å². The van der Waals surface area contributed by atoms with Crippen molar-refractivity contribution in [3.8, 4) is 0 Å². The number of carboxylic acid groups (broad SMARTS) is 1. The molecule has 0 aromatic carbocycles. The van der Waals surface area contributed by atoms with Crippen molar-refractivity contribution in [2.45, 2.75) is 38.6 Å². The minimum atomic E-state index is -1.06. The van der Waals surface area contributed by atoms with Gasteiger partial charge in [0, 0.05) is 23.6 Å². The third-order valence-corrected chi connectivity index (χ3v) is 5.02. The zero-order valence-corrected chi connectivity index (χ0v) is 12.5. The highest BCUT2D eigenvalue weighted by Gasteiger charge is 2.38. The van der Waals surface area contributed by atoms with E-state index in [0.717, 1.165) is 17.2 Å². The molecule has 114 valence electrons. The van der Waals surface area contributed by atoms with Crippen LogP contribution in [0, 0.1) is 11.8 Å². The molecule has 20 heavy (non-hydrogen) atoms. The molecule has 0 aromatic heterocycles. The van der Waals surface area contributed by atoms with Crippen molar-refractivity contribution in [3.05, 3.63) is 11.3 Å². The topological polar surface area (TPSA) is 102 Å². The number of aliphatic carboxylic acids is 1. The fourth-order valence-electron chi connectivity index (χ4n) is 3.11. The van der Waals surface area contributed by atoms with Crippen LogP contribution >= 0.6 is 11.8 Å². The van der Waals surface area contributed by atoms with Crippen LogP contribution in [0.15, 0.2) is 11.3 Å². The fraction of sp³-hybridized carbons (Fsp3) is 0.769. The summed E-state index contributed by atoms with van der Waals surface area (Å²) >= 11 is 1.73. The van der Waals surface area contributed by atoms with Crippen molar-refractivity contribution >= 4 is 17.7 Å². The predicted molar refractivity (Wildman–Crippen MR) is 77.0 cm³/mol. The van der Waals surface area contributed by atoms with Crippen molar-refractivity contribution in [1.82, 2.24) is 10.6 Å². The summed E-state index contributed by atoms with van der Waals surface area (Å²) in [6.07, 6.45) is -1.20. The normalized spacial score (nSPS) is 36.4. The summed E-state index contributed by atoms with van der Waals surface area (Å²) in [6.45, 7) is 3.57. The first kappa shape index (κ1) is 15.6. The van der Waals surface area contributed by atoms with Crippen LogP contribution < -0.4 is 10.6 Å². The highest BCUT2D eigenvalue weighted by Crippen LogP contribution is 2.33. The van der Waals surface area contributed by atoms with Crippen molar-refractivity contribution in [1.29, 1.82) is 0 Å². The maximum atomic E-state index is 11.5. The van der Waals surface area contributed by atoms with E-state index in [4.69, 9.17) is 0 Å². The summed E-state index contributed by atoms with van der Waals surface area (Å²) < 4.78 is 0. The van der Waals surface area contributed by atoms with Crippen LogP contribution in [0.2, 0.25) is 0 Å². The van der Waals surface area contributed by atoms with Crippen LogP contribution in [0.3, 0.4) is 0 Å². The van der Waals surface area contributed by atoms with E-state index < -0.39 is 24.2 Å². The lowest BCUT2D eigenvalue weighted by Gasteiger charge is -2.29. The minimum Gasteiger partial charge on any atom is -0.477 e. The zero-order chi connectivity index (χ0) is 14.9. The molecular weight excluding hydrogens is 280 g/mol. The van der Waals surface area contributed by atoms with Gasteiger partial charge in [-0.15, -0.1) is 11.8 Å². The molecule has 0 aliphatic carbocycles. The number of carboxylic acids is 1. The second-order valence-corrected chi connectivity index (χ2v) is 6.60. The number of aliphatic hydroxyl groups excluding tert-OH is 2. The minimum absolute atomic E-state index is 0.00301. The molecule has 7 heteroatoms. The summed E-state index contributed by atoms with van der Waals surface area (Å²) in [4.78, 5) is 11.5. The van der Waals surface area contributed by atoms with E-state index in [0.29, 0.717) is 6.42 Å². The van der Waals surface area contributed by atoms with Crippen LogP contribution in [-0.2, 0) is 4.79 Å². The maximum Gasteiger partial charge on any atom is 0.352 e. The first-order valence-corrected chi connectivity index (χ1v) is 7.97. The summed E-state index contributed by atoms with van der Waals surface area (Å²) in [5.74, 6) is 0.178. The second-order valence-electron chi connectivity index (χ2n) is 5.57. The third kappa shape index (κ3) is 3.11. The number of hydrogen-bond acceptors (Lipinski definition) is 6. The van der Waals surface area contributed by atoms with Crippen molar-refractivity contribution in [3.63, 3.8) is 0 Å². The van der Waals surface area contributed by atoms with Gasteiger partial charge in [-0.2, -0.15) is 0 Å². The quantitative estimate of drug-likeness (QED) is 0.497. The van der Waals surface area contributed by atoms with Gasteiger partial charge in [-0.1, -0.05) is 6.92 Å². The van der Waals surface area contributed by atoms with Crippen LogP contribution in [0.5, 0.6) is 0 Å². The van der Waals surface area contributed by atoms with Crippen molar-refractivity contribution in [2.75, 3.05) is 11.6 Å². The Kier molecular flexibility index (Phi) is 4.95. The standard InChI is InChI=1S/C13H22N2O4S/c1-6-3-8(9-4-20-5-14-9)11(13(18)19)15-12(17)10(6)7(2)16/h6-7,9-10,12,14-17H,3-5H2,1-2H3,(H,18,19)/t6-,7?,9?,10+,12?/m1/s1. The summed E-state index contributed by atoms with van der Waals surface area (Å²) in [5.41, 5.74) is 0.865. The van der Waals surface area contributed by atoms with Gasteiger partial charge in [-0.3, -0.25) is 0 Å². The molecule has 2 aliphatic rings. The average Bonchev–Trinajstić information content (AvgIpc) is 2.82. The second kappa shape index (κ2) is 6.34. The van der Waals surface area contributed by atoms with Gasteiger partial charge in [-0.05, 0) is 24.8 Å².